The Bertz CT molecular complexity index is 530. The number of anilines is 1. The predicted molar refractivity (Wildman–Crippen MR) is 75.6 cm³/mol. The lowest BCUT2D eigenvalue weighted by Crippen LogP contribution is -2.43. The molecule has 2 rings (SSSR count). The van der Waals surface area contributed by atoms with Crippen LogP contribution in [0.2, 0.25) is 0 Å². The smallest absolute Gasteiger partial charge is 0.246 e. The fourth-order valence-corrected chi connectivity index (χ4v) is 4.53. The lowest BCUT2D eigenvalue weighted by atomic mass is 10.0. The molecule has 0 saturated carbocycles. The summed E-state index contributed by atoms with van der Waals surface area (Å²) in [4.78, 5) is 4.37. The molecule has 0 spiro atoms. The highest BCUT2D eigenvalue weighted by atomic mass is 32.2. The van der Waals surface area contributed by atoms with E-state index in [0.29, 0.717) is 12.4 Å². The van der Waals surface area contributed by atoms with Crippen LogP contribution in [-0.2, 0) is 10.0 Å². The summed E-state index contributed by atoms with van der Waals surface area (Å²) in [5.41, 5.74) is 0. The van der Waals surface area contributed by atoms with Crippen LogP contribution in [0.3, 0.4) is 0 Å². The van der Waals surface area contributed by atoms with Crippen molar-refractivity contribution in [2.45, 2.75) is 43.5 Å². The first-order valence-corrected chi connectivity index (χ1v) is 8.20. The van der Waals surface area contributed by atoms with Crippen molar-refractivity contribution in [2.24, 2.45) is 0 Å². The molecule has 1 saturated heterocycles. The van der Waals surface area contributed by atoms with E-state index in [-0.39, 0.29) is 10.9 Å². The van der Waals surface area contributed by atoms with Crippen LogP contribution in [0.15, 0.2) is 23.2 Å². The summed E-state index contributed by atoms with van der Waals surface area (Å²) in [5.74, 6) is 0.419. The average Bonchev–Trinajstić information content (AvgIpc) is 2.47. The molecule has 1 aliphatic rings. The highest BCUT2D eigenvalue weighted by Crippen LogP contribution is 2.29. The summed E-state index contributed by atoms with van der Waals surface area (Å²) in [7, 11) is -1.77. The van der Waals surface area contributed by atoms with Gasteiger partial charge in [-0.2, -0.15) is 4.31 Å². The quantitative estimate of drug-likeness (QED) is 0.919. The fourth-order valence-electron chi connectivity index (χ4n) is 2.61. The molecule has 0 bridgehead atoms. The maximum Gasteiger partial charge on any atom is 0.246 e. The van der Waals surface area contributed by atoms with E-state index in [9.17, 15) is 8.42 Å². The topological polar surface area (TPSA) is 62.3 Å². The van der Waals surface area contributed by atoms with E-state index < -0.39 is 10.0 Å². The molecule has 1 N–H and O–H groups in total. The molecule has 0 aliphatic carbocycles. The molecule has 5 nitrogen and oxygen atoms in total. The van der Waals surface area contributed by atoms with Crippen LogP contribution in [-0.4, -0.2) is 37.3 Å². The van der Waals surface area contributed by atoms with Gasteiger partial charge in [-0.25, -0.2) is 13.4 Å². The number of hydrogen-bond donors (Lipinski definition) is 1. The zero-order valence-electron chi connectivity index (χ0n) is 11.5. The molecule has 19 heavy (non-hydrogen) atoms. The number of rotatable bonds is 4. The van der Waals surface area contributed by atoms with Crippen molar-refractivity contribution in [1.82, 2.24) is 9.29 Å². The summed E-state index contributed by atoms with van der Waals surface area (Å²) in [6.07, 6.45) is 5.44. The molecule has 2 heterocycles. The first-order valence-electron chi connectivity index (χ1n) is 6.76. The molecular formula is C13H21N3O2S. The molecule has 0 aromatic carbocycles. The maximum atomic E-state index is 12.8. The molecule has 6 heteroatoms. The number of hydrogen-bond acceptors (Lipinski definition) is 4. The number of nitrogens with zero attached hydrogens (tertiary/aromatic N) is 2. The van der Waals surface area contributed by atoms with Crippen molar-refractivity contribution in [3.05, 3.63) is 18.3 Å². The van der Waals surface area contributed by atoms with Gasteiger partial charge in [0, 0.05) is 25.8 Å². The van der Waals surface area contributed by atoms with Gasteiger partial charge in [-0.15, -0.1) is 0 Å². The average molecular weight is 283 g/mol. The van der Waals surface area contributed by atoms with Crippen LogP contribution in [0.5, 0.6) is 0 Å². The summed E-state index contributed by atoms with van der Waals surface area (Å²) in [5, 5.41) is 2.86. The lowest BCUT2D eigenvalue weighted by molar-refractivity contribution is 0.246. The Labute approximate surface area is 115 Å². The Balaban J connectivity index is 2.40. The summed E-state index contributed by atoms with van der Waals surface area (Å²) in [6, 6.07) is 3.40. The van der Waals surface area contributed by atoms with Crippen molar-refractivity contribution >= 4 is 15.8 Å². The normalized spacial score (nSPS) is 21.3. The Morgan fingerprint density at radius 3 is 2.95 bits per heavy atom. The number of piperidine rings is 1. The minimum absolute atomic E-state index is 0.115. The highest BCUT2D eigenvalue weighted by Gasteiger charge is 2.33. The van der Waals surface area contributed by atoms with Crippen molar-refractivity contribution in [1.29, 1.82) is 0 Å². The molecular weight excluding hydrogens is 262 g/mol. The molecule has 1 aliphatic heterocycles. The second-order valence-corrected chi connectivity index (χ2v) is 6.63. The molecule has 1 aromatic heterocycles. The van der Waals surface area contributed by atoms with Gasteiger partial charge in [-0.1, -0.05) is 13.3 Å². The first kappa shape index (κ1) is 14.3. The van der Waals surface area contributed by atoms with E-state index in [1.54, 1.807) is 29.7 Å². The van der Waals surface area contributed by atoms with Crippen LogP contribution < -0.4 is 5.32 Å². The van der Waals surface area contributed by atoms with Gasteiger partial charge in [0.05, 0.1) is 0 Å². The number of sulfonamides is 1. The Morgan fingerprint density at radius 2 is 2.26 bits per heavy atom. The second-order valence-electron chi connectivity index (χ2n) is 4.77. The van der Waals surface area contributed by atoms with Gasteiger partial charge in [-0.3, -0.25) is 0 Å². The van der Waals surface area contributed by atoms with E-state index >= 15 is 0 Å². The van der Waals surface area contributed by atoms with E-state index in [2.05, 4.69) is 10.3 Å². The maximum absolute atomic E-state index is 12.8. The number of pyridine rings is 1. The summed E-state index contributed by atoms with van der Waals surface area (Å²) in [6.45, 7) is 2.65. The van der Waals surface area contributed by atoms with Gasteiger partial charge < -0.3 is 5.32 Å². The predicted octanol–water partition coefficient (Wildman–Crippen LogP) is 2.08. The van der Waals surface area contributed by atoms with Crippen LogP contribution in [0.4, 0.5) is 5.82 Å². The number of nitrogens with one attached hydrogen (secondary N) is 1. The van der Waals surface area contributed by atoms with Crippen LogP contribution in [0.25, 0.3) is 0 Å². The van der Waals surface area contributed by atoms with E-state index in [0.717, 1.165) is 25.7 Å². The van der Waals surface area contributed by atoms with Crippen molar-refractivity contribution < 1.29 is 8.42 Å². The minimum Gasteiger partial charge on any atom is -0.372 e. The van der Waals surface area contributed by atoms with Crippen molar-refractivity contribution in [3.63, 3.8) is 0 Å². The molecule has 1 fully saturated rings. The highest BCUT2D eigenvalue weighted by molar-refractivity contribution is 7.89. The third-order valence-corrected chi connectivity index (χ3v) is 5.62. The van der Waals surface area contributed by atoms with E-state index in [1.807, 2.05) is 6.92 Å². The zero-order chi connectivity index (χ0) is 13.9. The summed E-state index contributed by atoms with van der Waals surface area (Å²) < 4.78 is 27.2. The third kappa shape index (κ3) is 2.74. The molecule has 1 atom stereocenters. The SMILES string of the molecule is CCC1CCCCN1S(=O)(=O)c1cccnc1NC. The van der Waals surface area contributed by atoms with E-state index in [1.165, 1.54) is 0 Å². The monoisotopic (exact) mass is 283 g/mol. The van der Waals surface area contributed by atoms with E-state index in [4.69, 9.17) is 0 Å². The summed E-state index contributed by atoms with van der Waals surface area (Å²) >= 11 is 0. The lowest BCUT2D eigenvalue weighted by Gasteiger charge is -2.34. The van der Waals surface area contributed by atoms with Gasteiger partial charge in [0.2, 0.25) is 10.0 Å². The molecule has 1 unspecified atom stereocenters. The Kier molecular flexibility index (Phi) is 4.42. The van der Waals surface area contributed by atoms with Crippen molar-refractivity contribution in [3.8, 4) is 0 Å². The van der Waals surface area contributed by atoms with Gasteiger partial charge in [0.1, 0.15) is 10.7 Å². The van der Waals surface area contributed by atoms with Crippen LogP contribution in [0, 0.1) is 0 Å². The van der Waals surface area contributed by atoms with Crippen LogP contribution >= 0.6 is 0 Å². The molecule has 1 aromatic rings. The zero-order valence-corrected chi connectivity index (χ0v) is 12.3. The first-order chi connectivity index (χ1) is 9.11. The van der Waals surface area contributed by atoms with Gasteiger partial charge in [0.25, 0.3) is 0 Å². The van der Waals surface area contributed by atoms with Gasteiger partial charge in [0.15, 0.2) is 0 Å². The Hall–Kier alpha value is -1.14. The van der Waals surface area contributed by atoms with Crippen molar-refractivity contribution in [2.75, 3.05) is 18.9 Å². The third-order valence-electron chi connectivity index (χ3n) is 3.64. The second kappa shape index (κ2) is 5.88. The van der Waals surface area contributed by atoms with Gasteiger partial charge in [-0.05, 0) is 31.4 Å². The molecule has 0 amide bonds. The Morgan fingerprint density at radius 1 is 1.47 bits per heavy atom. The fraction of sp³-hybridized carbons (Fsp3) is 0.615. The molecule has 106 valence electrons. The number of aromatic nitrogens is 1. The van der Waals surface area contributed by atoms with Gasteiger partial charge >= 0.3 is 0 Å². The molecule has 0 radical (unpaired) electrons. The van der Waals surface area contributed by atoms with Crippen LogP contribution in [0.1, 0.15) is 32.6 Å². The standard InChI is InChI=1S/C13H21N3O2S/c1-3-11-7-4-5-10-16(11)19(17,18)12-8-6-9-15-13(12)14-2/h6,8-9,11H,3-5,7,10H2,1-2H3,(H,14,15). The minimum atomic E-state index is -3.46. The largest absolute Gasteiger partial charge is 0.372 e.